The molecule has 0 radical (unpaired) electrons. The Morgan fingerprint density at radius 3 is 2.38 bits per heavy atom. The predicted octanol–water partition coefficient (Wildman–Crippen LogP) is 3.96. The van der Waals surface area contributed by atoms with Gasteiger partial charge in [0.15, 0.2) is 0 Å². The maximum absolute atomic E-state index is 13.1. The second kappa shape index (κ2) is 9.16. The van der Waals surface area contributed by atoms with E-state index in [0.717, 1.165) is 23.4 Å². The van der Waals surface area contributed by atoms with E-state index in [-0.39, 0.29) is 11.8 Å². The standard InChI is InChI=1S/C26H26N4O2/c1-27-25(31)19-11-14-22-21(15-19)23(26(32)29-22)24(18-7-5-4-6-8-18)28-20-12-9-17(10-13-20)16-30(2)3/h4-15,23H,16H2,1-3H3,(H,27,31)(H,29,32). The first kappa shape index (κ1) is 21.5. The lowest BCUT2D eigenvalue weighted by molar-refractivity contribution is -0.115. The van der Waals surface area contributed by atoms with Gasteiger partial charge in [-0.2, -0.15) is 0 Å². The second-order valence-corrected chi connectivity index (χ2v) is 8.07. The molecule has 3 aromatic carbocycles. The zero-order valence-electron chi connectivity index (χ0n) is 18.4. The number of carbonyl (C=O) groups excluding carboxylic acids is 2. The topological polar surface area (TPSA) is 73.8 Å². The summed E-state index contributed by atoms with van der Waals surface area (Å²) in [7, 11) is 5.65. The molecule has 1 unspecified atom stereocenters. The van der Waals surface area contributed by atoms with Gasteiger partial charge in [-0.3, -0.25) is 14.6 Å². The fourth-order valence-electron chi connectivity index (χ4n) is 3.90. The van der Waals surface area contributed by atoms with Crippen molar-refractivity contribution in [3.63, 3.8) is 0 Å². The van der Waals surface area contributed by atoms with Gasteiger partial charge in [0.2, 0.25) is 5.91 Å². The van der Waals surface area contributed by atoms with Crippen LogP contribution in [0.15, 0.2) is 77.8 Å². The number of benzene rings is 3. The lowest BCUT2D eigenvalue weighted by Gasteiger charge is -2.15. The van der Waals surface area contributed by atoms with Crippen LogP contribution >= 0.6 is 0 Å². The van der Waals surface area contributed by atoms with E-state index in [9.17, 15) is 9.59 Å². The van der Waals surface area contributed by atoms with Gasteiger partial charge in [-0.25, -0.2) is 0 Å². The number of hydrogen-bond donors (Lipinski definition) is 2. The van der Waals surface area contributed by atoms with Gasteiger partial charge in [0, 0.05) is 24.8 Å². The first-order valence-corrected chi connectivity index (χ1v) is 10.5. The van der Waals surface area contributed by atoms with Crippen LogP contribution in [0.2, 0.25) is 0 Å². The van der Waals surface area contributed by atoms with E-state index < -0.39 is 5.92 Å². The average Bonchev–Trinajstić information content (AvgIpc) is 3.13. The molecule has 1 atom stereocenters. The molecule has 1 aliphatic heterocycles. The van der Waals surface area contributed by atoms with E-state index in [0.29, 0.717) is 17.0 Å². The molecule has 0 aromatic heterocycles. The molecule has 4 rings (SSSR count). The summed E-state index contributed by atoms with van der Waals surface area (Å²) >= 11 is 0. The third-order valence-electron chi connectivity index (χ3n) is 5.40. The second-order valence-electron chi connectivity index (χ2n) is 8.07. The molecule has 162 valence electrons. The van der Waals surface area contributed by atoms with E-state index in [1.165, 1.54) is 5.56 Å². The summed E-state index contributed by atoms with van der Waals surface area (Å²) < 4.78 is 0. The fourth-order valence-corrected chi connectivity index (χ4v) is 3.90. The number of nitrogens with one attached hydrogen (secondary N) is 2. The molecular weight excluding hydrogens is 400 g/mol. The monoisotopic (exact) mass is 426 g/mol. The summed E-state index contributed by atoms with van der Waals surface area (Å²) in [6.45, 7) is 0.843. The molecule has 2 amide bonds. The highest BCUT2D eigenvalue weighted by molar-refractivity contribution is 6.24. The van der Waals surface area contributed by atoms with Crippen molar-refractivity contribution in [1.29, 1.82) is 0 Å². The third kappa shape index (κ3) is 4.45. The van der Waals surface area contributed by atoms with E-state index in [4.69, 9.17) is 4.99 Å². The summed E-state index contributed by atoms with van der Waals surface area (Å²) in [6.07, 6.45) is 0. The lowest BCUT2D eigenvalue weighted by atomic mass is 9.89. The summed E-state index contributed by atoms with van der Waals surface area (Å²) in [5.74, 6) is -0.958. The summed E-state index contributed by atoms with van der Waals surface area (Å²) in [5, 5.41) is 5.58. The number of carbonyl (C=O) groups is 2. The molecule has 0 aliphatic carbocycles. The molecule has 0 saturated carbocycles. The highest BCUT2D eigenvalue weighted by atomic mass is 16.2. The maximum Gasteiger partial charge on any atom is 0.251 e. The number of amides is 2. The van der Waals surface area contributed by atoms with Gasteiger partial charge in [-0.1, -0.05) is 42.5 Å². The number of fused-ring (bicyclic) bond motifs is 1. The number of rotatable bonds is 6. The van der Waals surface area contributed by atoms with Crippen molar-refractivity contribution in [2.45, 2.75) is 12.5 Å². The number of nitrogens with zero attached hydrogens (tertiary/aromatic N) is 2. The summed E-state index contributed by atoms with van der Waals surface area (Å²) in [5.41, 5.74) is 5.44. The Bertz CT molecular complexity index is 1170. The van der Waals surface area contributed by atoms with Crippen molar-refractivity contribution in [2.24, 2.45) is 4.99 Å². The van der Waals surface area contributed by atoms with Crippen molar-refractivity contribution < 1.29 is 9.59 Å². The van der Waals surface area contributed by atoms with Crippen LogP contribution in [-0.4, -0.2) is 43.6 Å². The summed E-state index contributed by atoms with van der Waals surface area (Å²) in [4.78, 5) is 32.3. The first-order chi connectivity index (χ1) is 15.5. The van der Waals surface area contributed by atoms with Gasteiger partial charge >= 0.3 is 0 Å². The molecule has 1 aliphatic rings. The zero-order valence-corrected chi connectivity index (χ0v) is 18.4. The molecule has 0 fully saturated rings. The van der Waals surface area contributed by atoms with Crippen molar-refractivity contribution in [3.8, 4) is 0 Å². The van der Waals surface area contributed by atoms with Gasteiger partial charge in [-0.05, 0) is 61.1 Å². The van der Waals surface area contributed by atoms with Gasteiger partial charge in [0.25, 0.3) is 5.91 Å². The van der Waals surface area contributed by atoms with Crippen LogP contribution in [0.25, 0.3) is 0 Å². The van der Waals surface area contributed by atoms with Crippen LogP contribution in [0.1, 0.15) is 33.0 Å². The molecule has 6 heteroatoms. The molecule has 0 spiro atoms. The lowest BCUT2D eigenvalue weighted by Crippen LogP contribution is -2.22. The number of anilines is 1. The van der Waals surface area contributed by atoms with Crippen molar-refractivity contribution in [2.75, 3.05) is 26.5 Å². The zero-order chi connectivity index (χ0) is 22.7. The Morgan fingerprint density at radius 1 is 1.00 bits per heavy atom. The molecule has 2 N–H and O–H groups in total. The third-order valence-corrected chi connectivity index (χ3v) is 5.40. The van der Waals surface area contributed by atoms with E-state index in [1.54, 1.807) is 25.2 Å². The minimum Gasteiger partial charge on any atom is -0.355 e. The SMILES string of the molecule is CNC(=O)c1ccc2c(c1)C(C(=Nc1ccc(CN(C)C)cc1)c1ccccc1)C(=O)N2. The fraction of sp³-hybridized carbons (Fsp3) is 0.192. The van der Waals surface area contributed by atoms with Crippen LogP contribution in [0.5, 0.6) is 0 Å². The Morgan fingerprint density at radius 2 is 1.72 bits per heavy atom. The van der Waals surface area contributed by atoms with E-state index in [2.05, 4.69) is 15.5 Å². The number of hydrogen-bond acceptors (Lipinski definition) is 4. The average molecular weight is 427 g/mol. The Balaban J connectivity index is 1.80. The molecule has 0 saturated heterocycles. The Kier molecular flexibility index (Phi) is 6.14. The molecule has 0 bridgehead atoms. The quantitative estimate of drug-likeness (QED) is 0.586. The van der Waals surface area contributed by atoms with Gasteiger partial charge in [0.1, 0.15) is 5.92 Å². The Labute approximate surface area is 188 Å². The van der Waals surface area contributed by atoms with Crippen LogP contribution in [0.4, 0.5) is 11.4 Å². The number of aliphatic imine (C=N–C) groups is 1. The molecular formula is C26H26N4O2. The van der Waals surface area contributed by atoms with Gasteiger partial charge in [-0.15, -0.1) is 0 Å². The molecule has 1 heterocycles. The van der Waals surface area contributed by atoms with Gasteiger partial charge < -0.3 is 15.5 Å². The molecule has 6 nitrogen and oxygen atoms in total. The van der Waals surface area contributed by atoms with Crippen LogP contribution in [0, 0.1) is 0 Å². The smallest absolute Gasteiger partial charge is 0.251 e. The Hall–Kier alpha value is -3.77. The first-order valence-electron chi connectivity index (χ1n) is 10.5. The van der Waals surface area contributed by atoms with Crippen molar-refractivity contribution >= 4 is 28.9 Å². The van der Waals surface area contributed by atoms with Gasteiger partial charge in [0.05, 0.1) is 11.4 Å². The maximum atomic E-state index is 13.1. The summed E-state index contributed by atoms with van der Waals surface area (Å²) in [6, 6.07) is 23.0. The van der Waals surface area contributed by atoms with Crippen molar-refractivity contribution in [1.82, 2.24) is 10.2 Å². The largest absolute Gasteiger partial charge is 0.355 e. The van der Waals surface area contributed by atoms with E-state index in [1.807, 2.05) is 68.7 Å². The predicted molar refractivity (Wildman–Crippen MR) is 128 cm³/mol. The highest BCUT2D eigenvalue weighted by Crippen LogP contribution is 2.37. The molecule has 3 aromatic rings. The normalized spacial score (nSPS) is 15.4. The van der Waals surface area contributed by atoms with E-state index >= 15 is 0 Å². The minimum absolute atomic E-state index is 0.152. The van der Waals surface area contributed by atoms with Crippen LogP contribution < -0.4 is 10.6 Å². The minimum atomic E-state index is -0.613. The highest BCUT2D eigenvalue weighted by Gasteiger charge is 2.36. The van der Waals surface area contributed by atoms with Crippen LogP contribution in [0.3, 0.4) is 0 Å². The molecule has 32 heavy (non-hydrogen) atoms. The van der Waals surface area contributed by atoms with Crippen LogP contribution in [-0.2, 0) is 11.3 Å². The van der Waals surface area contributed by atoms with Crippen molar-refractivity contribution in [3.05, 3.63) is 95.1 Å².